The van der Waals surface area contributed by atoms with Gasteiger partial charge in [-0.25, -0.2) is 0 Å². The number of nitrogens with zero attached hydrogens (tertiary/aromatic N) is 1. The van der Waals surface area contributed by atoms with Gasteiger partial charge in [0.15, 0.2) is 0 Å². The van der Waals surface area contributed by atoms with Gasteiger partial charge in [-0.15, -0.1) is 0 Å². The first-order valence-corrected chi connectivity index (χ1v) is 8.44. The molecule has 1 aliphatic heterocycles. The number of anilines is 1. The van der Waals surface area contributed by atoms with Crippen LogP contribution in [0.5, 0.6) is 0 Å². The van der Waals surface area contributed by atoms with Crippen LogP contribution in [0.3, 0.4) is 0 Å². The number of halogens is 2. The van der Waals surface area contributed by atoms with Crippen LogP contribution in [0.1, 0.15) is 26.7 Å². The number of benzene rings is 1. The maximum Gasteiger partial charge on any atom is 0.0648 e. The van der Waals surface area contributed by atoms with E-state index in [1.165, 1.54) is 36.0 Å². The molecule has 0 spiro atoms. The highest BCUT2D eigenvalue weighted by molar-refractivity contribution is 14.1. The molecular weight excluding hydrogens is 371 g/mol. The van der Waals surface area contributed by atoms with Gasteiger partial charge in [-0.3, -0.25) is 0 Å². The van der Waals surface area contributed by atoms with E-state index in [4.69, 9.17) is 11.6 Å². The number of hydrogen-bond acceptors (Lipinski definition) is 2. The second-order valence-electron chi connectivity index (χ2n) is 5.74. The van der Waals surface area contributed by atoms with Gasteiger partial charge in [0.25, 0.3) is 0 Å². The maximum atomic E-state index is 6.27. The average molecular weight is 393 g/mol. The predicted octanol–water partition coefficient (Wildman–Crippen LogP) is 4.48. The molecule has 0 aromatic heterocycles. The lowest BCUT2D eigenvalue weighted by molar-refractivity contribution is 0.198. The van der Waals surface area contributed by atoms with Crippen molar-refractivity contribution in [3.05, 3.63) is 26.8 Å². The van der Waals surface area contributed by atoms with Crippen molar-refractivity contribution in [3.8, 4) is 0 Å². The first-order valence-electron chi connectivity index (χ1n) is 6.98. The zero-order valence-corrected chi connectivity index (χ0v) is 14.5. The van der Waals surface area contributed by atoms with E-state index in [-0.39, 0.29) is 0 Å². The van der Waals surface area contributed by atoms with E-state index in [9.17, 15) is 0 Å². The average Bonchev–Trinajstić information content (AvgIpc) is 2.34. The van der Waals surface area contributed by atoms with Crippen molar-refractivity contribution in [2.24, 2.45) is 5.92 Å². The largest absolute Gasteiger partial charge is 0.381 e. The van der Waals surface area contributed by atoms with Gasteiger partial charge in [0, 0.05) is 29.2 Å². The number of nitrogens with one attached hydrogen (secondary N) is 1. The summed E-state index contributed by atoms with van der Waals surface area (Å²) < 4.78 is 1.18. The van der Waals surface area contributed by atoms with E-state index in [2.05, 4.69) is 58.8 Å². The first kappa shape index (κ1) is 15.4. The first-order chi connectivity index (χ1) is 9.04. The normalized spacial score (nSPS) is 17.9. The molecule has 4 heteroatoms. The summed E-state index contributed by atoms with van der Waals surface area (Å²) in [6, 6.07) is 6.76. The Hall–Kier alpha value is -0.0000000000000000555. The van der Waals surface area contributed by atoms with Crippen LogP contribution in [0.25, 0.3) is 0 Å². The molecule has 1 saturated heterocycles. The summed E-state index contributed by atoms with van der Waals surface area (Å²) in [6.45, 7) is 8.18. The van der Waals surface area contributed by atoms with Crippen LogP contribution in [-0.4, -0.2) is 30.6 Å². The second kappa shape index (κ2) is 7.14. The van der Waals surface area contributed by atoms with Crippen LogP contribution in [0.15, 0.2) is 18.2 Å². The monoisotopic (exact) mass is 392 g/mol. The molecule has 0 saturated carbocycles. The van der Waals surface area contributed by atoms with E-state index >= 15 is 0 Å². The van der Waals surface area contributed by atoms with E-state index in [0.717, 1.165) is 16.6 Å². The Kier molecular flexibility index (Phi) is 5.78. The van der Waals surface area contributed by atoms with Crippen LogP contribution >= 0.6 is 34.2 Å². The highest BCUT2D eigenvalue weighted by atomic mass is 127. The molecule has 106 valence electrons. The van der Waals surface area contributed by atoms with Gasteiger partial charge < -0.3 is 10.2 Å². The van der Waals surface area contributed by atoms with E-state index < -0.39 is 0 Å². The van der Waals surface area contributed by atoms with Gasteiger partial charge in [0.1, 0.15) is 0 Å². The molecular formula is C15H22ClIN2. The fraction of sp³-hybridized carbons (Fsp3) is 0.600. The van der Waals surface area contributed by atoms with Crippen molar-refractivity contribution < 1.29 is 0 Å². The minimum Gasteiger partial charge on any atom is -0.381 e. The molecule has 0 amide bonds. The van der Waals surface area contributed by atoms with Crippen molar-refractivity contribution in [1.82, 2.24) is 4.90 Å². The highest BCUT2D eigenvalue weighted by Crippen LogP contribution is 2.26. The van der Waals surface area contributed by atoms with E-state index in [1.807, 2.05) is 6.07 Å². The lowest BCUT2D eigenvalue weighted by Gasteiger charge is -2.33. The van der Waals surface area contributed by atoms with Gasteiger partial charge >= 0.3 is 0 Å². The summed E-state index contributed by atoms with van der Waals surface area (Å²) in [5.41, 5.74) is 1.07. The zero-order valence-electron chi connectivity index (χ0n) is 11.6. The molecule has 0 radical (unpaired) electrons. The van der Waals surface area contributed by atoms with Crippen LogP contribution in [0, 0.1) is 9.49 Å². The molecule has 1 aliphatic rings. The van der Waals surface area contributed by atoms with Crippen molar-refractivity contribution in [3.63, 3.8) is 0 Å². The third kappa shape index (κ3) is 4.80. The summed E-state index contributed by atoms with van der Waals surface area (Å²) in [7, 11) is 0. The summed E-state index contributed by atoms with van der Waals surface area (Å²) >= 11 is 8.56. The standard InChI is InChI=1S/C15H22ClIN2/c1-11(2)10-19-7-5-13(6-8-19)18-15-4-3-12(17)9-14(15)16/h3-4,9,11,13,18H,5-8,10H2,1-2H3. The van der Waals surface area contributed by atoms with Gasteiger partial charge in [0.2, 0.25) is 0 Å². The predicted molar refractivity (Wildman–Crippen MR) is 92.1 cm³/mol. The summed E-state index contributed by atoms with van der Waals surface area (Å²) in [6.07, 6.45) is 2.41. The Bertz CT molecular complexity index is 415. The molecule has 0 atom stereocenters. The Morgan fingerprint density at radius 3 is 2.63 bits per heavy atom. The molecule has 0 aliphatic carbocycles. The minimum atomic E-state index is 0.556. The van der Waals surface area contributed by atoms with E-state index in [0.29, 0.717) is 6.04 Å². The molecule has 1 heterocycles. The maximum absolute atomic E-state index is 6.27. The summed E-state index contributed by atoms with van der Waals surface area (Å²) in [5.74, 6) is 0.759. The number of rotatable bonds is 4. The molecule has 1 aromatic rings. The quantitative estimate of drug-likeness (QED) is 0.760. The third-order valence-electron chi connectivity index (χ3n) is 3.50. The lowest BCUT2D eigenvalue weighted by Crippen LogP contribution is -2.40. The van der Waals surface area contributed by atoms with Crippen molar-refractivity contribution in [1.29, 1.82) is 0 Å². The molecule has 0 unspecified atom stereocenters. The van der Waals surface area contributed by atoms with Crippen LogP contribution < -0.4 is 5.32 Å². The van der Waals surface area contributed by atoms with Crippen molar-refractivity contribution in [2.75, 3.05) is 25.0 Å². The second-order valence-corrected chi connectivity index (χ2v) is 7.39. The smallest absolute Gasteiger partial charge is 0.0648 e. The van der Waals surface area contributed by atoms with Gasteiger partial charge in [-0.05, 0) is 59.5 Å². The van der Waals surface area contributed by atoms with Crippen LogP contribution in [0.2, 0.25) is 5.02 Å². The SMILES string of the molecule is CC(C)CN1CCC(Nc2ccc(I)cc2Cl)CC1. The fourth-order valence-corrected chi connectivity index (χ4v) is 3.51. The molecule has 2 rings (SSSR count). The van der Waals surface area contributed by atoms with Gasteiger partial charge in [-0.1, -0.05) is 25.4 Å². The Morgan fingerprint density at radius 1 is 1.37 bits per heavy atom. The molecule has 19 heavy (non-hydrogen) atoms. The highest BCUT2D eigenvalue weighted by Gasteiger charge is 2.19. The van der Waals surface area contributed by atoms with Crippen molar-refractivity contribution in [2.45, 2.75) is 32.7 Å². The summed E-state index contributed by atoms with van der Waals surface area (Å²) in [5, 5.41) is 4.42. The van der Waals surface area contributed by atoms with Gasteiger partial charge in [0.05, 0.1) is 10.7 Å². The molecule has 1 fully saturated rings. The van der Waals surface area contributed by atoms with Crippen LogP contribution in [0.4, 0.5) is 5.69 Å². The lowest BCUT2D eigenvalue weighted by atomic mass is 10.0. The molecule has 1 aromatic carbocycles. The zero-order chi connectivity index (χ0) is 13.8. The number of hydrogen-bond donors (Lipinski definition) is 1. The van der Waals surface area contributed by atoms with Gasteiger partial charge in [-0.2, -0.15) is 0 Å². The molecule has 2 nitrogen and oxygen atoms in total. The van der Waals surface area contributed by atoms with Crippen molar-refractivity contribution >= 4 is 39.9 Å². The third-order valence-corrected chi connectivity index (χ3v) is 4.49. The molecule has 0 bridgehead atoms. The Balaban J connectivity index is 1.85. The Morgan fingerprint density at radius 2 is 2.05 bits per heavy atom. The Labute approximate surface area is 135 Å². The number of likely N-dealkylation sites (tertiary alicyclic amines) is 1. The van der Waals surface area contributed by atoms with E-state index in [1.54, 1.807) is 0 Å². The van der Waals surface area contributed by atoms with Crippen LogP contribution in [-0.2, 0) is 0 Å². The fourth-order valence-electron chi connectivity index (χ4n) is 2.60. The number of piperidine rings is 1. The minimum absolute atomic E-state index is 0.556. The topological polar surface area (TPSA) is 15.3 Å². The molecule has 1 N–H and O–H groups in total. The summed E-state index contributed by atoms with van der Waals surface area (Å²) in [4.78, 5) is 2.57.